The van der Waals surface area contributed by atoms with Crippen LogP contribution in [0.5, 0.6) is 11.5 Å². The molecule has 0 heterocycles. The van der Waals surface area contributed by atoms with Gasteiger partial charge < -0.3 is 20.1 Å². The average molecular weight is 351 g/mol. The van der Waals surface area contributed by atoms with Gasteiger partial charge in [-0.05, 0) is 42.4 Å². The molecule has 24 heavy (non-hydrogen) atoms. The van der Waals surface area contributed by atoms with Crippen LogP contribution in [0.4, 0.5) is 0 Å². The lowest BCUT2D eigenvalue weighted by molar-refractivity contribution is -0.120. The van der Waals surface area contributed by atoms with Crippen molar-refractivity contribution in [1.29, 1.82) is 0 Å². The standard InChI is InChI=1S/C18H22N2O3.ClH/c1-19-12-17(21)20-18(13-6-4-8-15(10-13)22-2)14-7-5-9-16(11-14)23-3;/h4-11,18-19H,12H2,1-3H3,(H,20,21);1H. The monoisotopic (exact) mass is 350 g/mol. The maximum absolute atomic E-state index is 12.1. The predicted octanol–water partition coefficient (Wildman–Crippen LogP) is 2.55. The number of carbonyl (C=O) groups is 1. The van der Waals surface area contributed by atoms with Gasteiger partial charge >= 0.3 is 0 Å². The minimum atomic E-state index is -0.277. The molecule has 0 unspecified atom stereocenters. The number of likely N-dealkylation sites (N-methyl/N-ethyl adjacent to an activating group) is 1. The highest BCUT2D eigenvalue weighted by molar-refractivity contribution is 5.85. The molecule has 5 nitrogen and oxygen atoms in total. The third kappa shape index (κ3) is 5.15. The molecule has 0 spiro atoms. The van der Waals surface area contributed by atoms with Crippen LogP contribution in [0.3, 0.4) is 0 Å². The maximum atomic E-state index is 12.1. The zero-order valence-electron chi connectivity index (χ0n) is 14.0. The van der Waals surface area contributed by atoms with Gasteiger partial charge in [0.1, 0.15) is 11.5 Å². The van der Waals surface area contributed by atoms with E-state index >= 15 is 0 Å². The normalized spacial score (nSPS) is 10.0. The van der Waals surface area contributed by atoms with Crippen molar-refractivity contribution in [2.75, 3.05) is 27.8 Å². The Kier molecular flexibility index (Phi) is 8.09. The fourth-order valence-electron chi connectivity index (χ4n) is 2.37. The molecule has 0 bridgehead atoms. The van der Waals surface area contributed by atoms with E-state index < -0.39 is 0 Å². The molecule has 1 amide bonds. The average Bonchev–Trinajstić information content (AvgIpc) is 2.60. The van der Waals surface area contributed by atoms with Crippen molar-refractivity contribution in [3.8, 4) is 11.5 Å². The van der Waals surface area contributed by atoms with Gasteiger partial charge in [-0.25, -0.2) is 0 Å². The third-order valence-electron chi connectivity index (χ3n) is 3.50. The van der Waals surface area contributed by atoms with E-state index in [2.05, 4.69) is 10.6 Å². The molecule has 0 aromatic heterocycles. The lowest BCUT2D eigenvalue weighted by Crippen LogP contribution is -2.35. The number of hydrogen-bond acceptors (Lipinski definition) is 4. The Bertz CT molecular complexity index is 617. The Morgan fingerprint density at radius 1 is 1.00 bits per heavy atom. The van der Waals surface area contributed by atoms with Crippen LogP contribution in [-0.2, 0) is 4.79 Å². The van der Waals surface area contributed by atoms with Crippen LogP contribution in [0.2, 0.25) is 0 Å². The van der Waals surface area contributed by atoms with Gasteiger partial charge in [0.15, 0.2) is 0 Å². The van der Waals surface area contributed by atoms with E-state index in [0.29, 0.717) is 0 Å². The van der Waals surface area contributed by atoms with Crippen molar-refractivity contribution in [1.82, 2.24) is 10.6 Å². The highest BCUT2D eigenvalue weighted by atomic mass is 35.5. The molecule has 6 heteroatoms. The SMILES string of the molecule is CNCC(=O)NC(c1cccc(OC)c1)c1cccc(OC)c1.Cl. The number of hydrogen-bond donors (Lipinski definition) is 2. The second-order valence-electron chi connectivity index (χ2n) is 5.08. The third-order valence-corrected chi connectivity index (χ3v) is 3.50. The maximum Gasteiger partial charge on any atom is 0.234 e. The first kappa shape index (κ1) is 19.8. The number of amides is 1. The summed E-state index contributed by atoms with van der Waals surface area (Å²) in [4.78, 5) is 12.1. The number of rotatable bonds is 7. The van der Waals surface area contributed by atoms with Gasteiger partial charge in [0.05, 0.1) is 26.8 Å². The van der Waals surface area contributed by atoms with Gasteiger partial charge in [0, 0.05) is 0 Å². The van der Waals surface area contributed by atoms with E-state index in [1.807, 2.05) is 48.5 Å². The van der Waals surface area contributed by atoms with Gasteiger partial charge in [0.2, 0.25) is 5.91 Å². The van der Waals surface area contributed by atoms with E-state index in [1.54, 1.807) is 21.3 Å². The Hall–Kier alpha value is -2.24. The van der Waals surface area contributed by atoms with E-state index in [1.165, 1.54) is 0 Å². The highest BCUT2D eigenvalue weighted by Crippen LogP contribution is 2.27. The van der Waals surface area contributed by atoms with Gasteiger partial charge in [0.25, 0.3) is 0 Å². The Labute approximate surface area is 148 Å². The summed E-state index contributed by atoms with van der Waals surface area (Å²) in [7, 11) is 4.99. The first-order chi connectivity index (χ1) is 11.2. The number of carbonyl (C=O) groups excluding carboxylic acids is 1. The molecular weight excluding hydrogens is 328 g/mol. The summed E-state index contributed by atoms with van der Waals surface area (Å²) in [5.74, 6) is 1.42. The molecule has 2 rings (SSSR count). The molecule has 0 saturated heterocycles. The lowest BCUT2D eigenvalue weighted by Gasteiger charge is -2.21. The number of benzene rings is 2. The first-order valence-corrected chi connectivity index (χ1v) is 7.39. The topological polar surface area (TPSA) is 59.6 Å². The zero-order valence-corrected chi connectivity index (χ0v) is 14.9. The summed E-state index contributed by atoms with van der Waals surface area (Å²) in [6, 6.07) is 15.1. The van der Waals surface area contributed by atoms with Crippen LogP contribution >= 0.6 is 12.4 Å². The van der Waals surface area contributed by atoms with Gasteiger partial charge in [-0.2, -0.15) is 0 Å². The van der Waals surface area contributed by atoms with Gasteiger partial charge in [-0.15, -0.1) is 12.4 Å². The van der Waals surface area contributed by atoms with E-state index in [4.69, 9.17) is 9.47 Å². The molecule has 2 N–H and O–H groups in total. The molecule has 2 aromatic rings. The minimum absolute atomic E-state index is 0. The summed E-state index contributed by atoms with van der Waals surface area (Å²) < 4.78 is 10.6. The number of halogens is 1. The van der Waals surface area contributed by atoms with Crippen molar-refractivity contribution in [2.24, 2.45) is 0 Å². The molecule has 0 saturated carbocycles. The molecule has 0 atom stereocenters. The fourth-order valence-corrected chi connectivity index (χ4v) is 2.37. The molecule has 0 aliphatic carbocycles. The summed E-state index contributed by atoms with van der Waals surface area (Å²) in [6.45, 7) is 0.254. The number of methoxy groups -OCH3 is 2. The summed E-state index contributed by atoms with van der Waals surface area (Å²) in [5, 5.41) is 5.90. The molecule has 2 aromatic carbocycles. The first-order valence-electron chi connectivity index (χ1n) is 7.39. The van der Waals surface area contributed by atoms with E-state index in [9.17, 15) is 4.79 Å². The minimum Gasteiger partial charge on any atom is -0.497 e. The second-order valence-corrected chi connectivity index (χ2v) is 5.08. The molecule has 0 aliphatic heterocycles. The van der Waals surface area contributed by atoms with Crippen LogP contribution < -0.4 is 20.1 Å². The van der Waals surface area contributed by atoms with E-state index in [-0.39, 0.29) is 30.9 Å². The highest BCUT2D eigenvalue weighted by Gasteiger charge is 2.17. The van der Waals surface area contributed by atoms with Gasteiger partial charge in [-0.1, -0.05) is 24.3 Å². The van der Waals surface area contributed by atoms with Gasteiger partial charge in [-0.3, -0.25) is 4.79 Å². The fraction of sp³-hybridized carbons (Fsp3) is 0.278. The van der Waals surface area contributed by atoms with Crippen LogP contribution in [-0.4, -0.2) is 33.7 Å². The van der Waals surface area contributed by atoms with Crippen molar-refractivity contribution in [2.45, 2.75) is 6.04 Å². The molecule has 0 radical (unpaired) electrons. The largest absolute Gasteiger partial charge is 0.497 e. The Morgan fingerprint density at radius 2 is 1.50 bits per heavy atom. The molecular formula is C18H23ClN2O3. The number of ether oxygens (including phenoxy) is 2. The van der Waals surface area contributed by atoms with Crippen LogP contribution in [0.1, 0.15) is 17.2 Å². The number of nitrogens with one attached hydrogen (secondary N) is 2. The molecule has 0 aliphatic rings. The predicted molar refractivity (Wildman–Crippen MR) is 97.1 cm³/mol. The van der Waals surface area contributed by atoms with Crippen molar-refractivity contribution in [3.63, 3.8) is 0 Å². The summed E-state index contributed by atoms with van der Waals surface area (Å²) >= 11 is 0. The zero-order chi connectivity index (χ0) is 16.7. The van der Waals surface area contributed by atoms with E-state index in [0.717, 1.165) is 22.6 Å². The summed E-state index contributed by atoms with van der Waals surface area (Å²) in [5.41, 5.74) is 1.89. The summed E-state index contributed by atoms with van der Waals surface area (Å²) in [6.07, 6.45) is 0. The second kappa shape index (κ2) is 9.80. The Balaban J connectivity index is 0.00000288. The van der Waals surface area contributed by atoms with Crippen molar-refractivity contribution < 1.29 is 14.3 Å². The molecule has 0 fully saturated rings. The van der Waals surface area contributed by atoms with Crippen molar-refractivity contribution in [3.05, 3.63) is 59.7 Å². The lowest BCUT2D eigenvalue weighted by atomic mass is 9.98. The Morgan fingerprint density at radius 3 is 1.92 bits per heavy atom. The quantitative estimate of drug-likeness (QED) is 0.805. The van der Waals surface area contributed by atoms with Crippen LogP contribution in [0, 0.1) is 0 Å². The smallest absolute Gasteiger partial charge is 0.234 e. The van der Waals surface area contributed by atoms with Crippen LogP contribution in [0.25, 0.3) is 0 Å². The van der Waals surface area contributed by atoms with Crippen LogP contribution in [0.15, 0.2) is 48.5 Å². The van der Waals surface area contributed by atoms with Crippen molar-refractivity contribution >= 4 is 18.3 Å². The molecule has 130 valence electrons.